The van der Waals surface area contributed by atoms with Crippen molar-refractivity contribution in [1.82, 2.24) is 0 Å². The van der Waals surface area contributed by atoms with E-state index in [2.05, 4.69) is 26.0 Å². The van der Waals surface area contributed by atoms with Gasteiger partial charge in [0.1, 0.15) is 0 Å². The molecular formula is C17H27NO. The second-order valence-electron chi connectivity index (χ2n) is 6.22. The van der Waals surface area contributed by atoms with Crippen molar-refractivity contribution in [1.29, 1.82) is 0 Å². The second kappa shape index (κ2) is 6.06. The van der Waals surface area contributed by atoms with Crippen molar-refractivity contribution in [3.05, 3.63) is 35.4 Å². The lowest BCUT2D eigenvalue weighted by molar-refractivity contribution is -0.0135. The summed E-state index contributed by atoms with van der Waals surface area (Å²) in [5.74, 6) is 0.667. The fourth-order valence-electron chi connectivity index (χ4n) is 3.70. The second-order valence-corrected chi connectivity index (χ2v) is 6.22. The third-order valence-corrected chi connectivity index (χ3v) is 4.84. The zero-order valence-corrected chi connectivity index (χ0v) is 12.2. The summed E-state index contributed by atoms with van der Waals surface area (Å²) in [6.45, 7) is 5.00. The molecule has 1 aliphatic rings. The van der Waals surface area contributed by atoms with Gasteiger partial charge in [0.15, 0.2) is 0 Å². The maximum atomic E-state index is 10.9. The van der Waals surface area contributed by atoms with Gasteiger partial charge >= 0.3 is 0 Å². The summed E-state index contributed by atoms with van der Waals surface area (Å²) in [6.07, 6.45) is 5.09. The van der Waals surface area contributed by atoms with E-state index in [9.17, 15) is 5.11 Å². The largest absolute Gasteiger partial charge is 0.388 e. The van der Waals surface area contributed by atoms with Crippen LogP contribution >= 0.6 is 0 Å². The van der Waals surface area contributed by atoms with Gasteiger partial charge in [0.2, 0.25) is 0 Å². The van der Waals surface area contributed by atoms with Crippen LogP contribution in [-0.2, 0) is 6.42 Å². The van der Waals surface area contributed by atoms with Gasteiger partial charge in [0.25, 0.3) is 0 Å². The first-order valence-corrected chi connectivity index (χ1v) is 7.59. The summed E-state index contributed by atoms with van der Waals surface area (Å²) in [7, 11) is 0. The number of aryl methyl sites for hydroxylation is 1. The van der Waals surface area contributed by atoms with E-state index in [1.807, 2.05) is 12.1 Å². The van der Waals surface area contributed by atoms with Crippen molar-refractivity contribution in [3.63, 3.8) is 0 Å². The number of aliphatic hydroxyl groups is 1. The van der Waals surface area contributed by atoms with Gasteiger partial charge in [-0.2, -0.15) is 0 Å². The van der Waals surface area contributed by atoms with Crippen LogP contribution in [0.25, 0.3) is 0 Å². The first-order chi connectivity index (χ1) is 9.13. The summed E-state index contributed by atoms with van der Waals surface area (Å²) < 4.78 is 0. The predicted octanol–water partition coefficient (Wildman–Crippen LogP) is 3.44. The van der Waals surface area contributed by atoms with Gasteiger partial charge in [0.05, 0.1) is 6.10 Å². The molecule has 0 amide bonds. The Morgan fingerprint density at radius 3 is 2.79 bits per heavy atom. The summed E-state index contributed by atoms with van der Waals surface area (Å²) in [6, 6.07) is 8.26. The number of benzene rings is 1. The number of aliphatic hydroxyl groups excluding tert-OH is 1. The van der Waals surface area contributed by atoms with Crippen molar-refractivity contribution in [3.8, 4) is 0 Å². The topological polar surface area (TPSA) is 46.2 Å². The lowest BCUT2D eigenvalue weighted by Crippen LogP contribution is -2.41. The highest BCUT2D eigenvalue weighted by molar-refractivity contribution is 5.30. The average molecular weight is 261 g/mol. The van der Waals surface area contributed by atoms with Crippen LogP contribution in [0.5, 0.6) is 0 Å². The van der Waals surface area contributed by atoms with E-state index in [4.69, 9.17) is 5.73 Å². The lowest BCUT2D eigenvalue weighted by Gasteiger charge is -2.43. The van der Waals surface area contributed by atoms with E-state index < -0.39 is 6.10 Å². The molecule has 1 aromatic rings. The molecule has 106 valence electrons. The van der Waals surface area contributed by atoms with Crippen LogP contribution in [0.15, 0.2) is 24.3 Å². The van der Waals surface area contributed by atoms with Crippen molar-refractivity contribution < 1.29 is 5.11 Å². The summed E-state index contributed by atoms with van der Waals surface area (Å²) >= 11 is 0. The van der Waals surface area contributed by atoms with Crippen LogP contribution in [0.4, 0.5) is 0 Å². The quantitative estimate of drug-likeness (QED) is 0.872. The Morgan fingerprint density at radius 2 is 2.16 bits per heavy atom. The van der Waals surface area contributed by atoms with Gasteiger partial charge in [-0.15, -0.1) is 0 Å². The molecule has 0 aromatic heterocycles. The molecule has 1 fully saturated rings. The summed E-state index contributed by atoms with van der Waals surface area (Å²) in [5, 5.41) is 10.9. The summed E-state index contributed by atoms with van der Waals surface area (Å²) in [5.41, 5.74) is 8.29. The Morgan fingerprint density at radius 1 is 1.42 bits per heavy atom. The van der Waals surface area contributed by atoms with Crippen LogP contribution in [-0.4, -0.2) is 11.7 Å². The van der Waals surface area contributed by atoms with E-state index in [1.54, 1.807) is 0 Å². The van der Waals surface area contributed by atoms with Gasteiger partial charge in [-0.1, -0.05) is 51.0 Å². The molecule has 2 heteroatoms. The average Bonchev–Trinajstić information content (AvgIpc) is 2.46. The molecule has 2 rings (SSSR count). The van der Waals surface area contributed by atoms with Crippen LogP contribution in [0, 0.1) is 11.3 Å². The van der Waals surface area contributed by atoms with E-state index in [1.165, 1.54) is 18.4 Å². The minimum absolute atomic E-state index is 0.122. The third-order valence-electron chi connectivity index (χ3n) is 4.84. The van der Waals surface area contributed by atoms with Crippen molar-refractivity contribution in [2.45, 2.75) is 52.1 Å². The lowest BCUT2D eigenvalue weighted by atomic mass is 9.65. The fraction of sp³-hybridized carbons (Fsp3) is 0.647. The maximum absolute atomic E-state index is 10.9. The third kappa shape index (κ3) is 2.85. The van der Waals surface area contributed by atoms with Crippen molar-refractivity contribution >= 4 is 0 Å². The van der Waals surface area contributed by atoms with E-state index in [0.29, 0.717) is 12.5 Å². The molecule has 1 aliphatic carbocycles. The molecule has 19 heavy (non-hydrogen) atoms. The number of nitrogens with two attached hydrogens (primary N) is 1. The van der Waals surface area contributed by atoms with E-state index >= 15 is 0 Å². The fourth-order valence-corrected chi connectivity index (χ4v) is 3.70. The van der Waals surface area contributed by atoms with Crippen molar-refractivity contribution in [2.24, 2.45) is 17.1 Å². The molecule has 2 nitrogen and oxygen atoms in total. The minimum atomic E-state index is -0.420. The Labute approximate surface area is 117 Å². The Kier molecular flexibility index (Phi) is 4.64. The Balaban J connectivity index is 2.32. The van der Waals surface area contributed by atoms with Crippen LogP contribution < -0.4 is 5.73 Å². The normalized spacial score (nSPS) is 29.2. The van der Waals surface area contributed by atoms with Gasteiger partial charge < -0.3 is 10.8 Å². The molecule has 0 radical (unpaired) electrons. The van der Waals surface area contributed by atoms with Crippen LogP contribution in [0.2, 0.25) is 0 Å². The highest BCUT2D eigenvalue weighted by atomic mass is 16.3. The predicted molar refractivity (Wildman–Crippen MR) is 79.9 cm³/mol. The molecular weight excluding hydrogens is 234 g/mol. The molecule has 3 atom stereocenters. The standard InChI is InChI=1S/C17H27NO/c1-3-14-8-4-5-9-15(14)16(19)17(12-18)10-6-7-13(2)11-17/h4-5,8-9,13,16,19H,3,6-7,10-12,18H2,1-2H3. The zero-order valence-electron chi connectivity index (χ0n) is 12.2. The van der Waals surface area contributed by atoms with E-state index in [0.717, 1.165) is 24.8 Å². The smallest absolute Gasteiger partial charge is 0.0861 e. The Bertz CT molecular complexity index is 417. The van der Waals surface area contributed by atoms with Gasteiger partial charge in [-0.25, -0.2) is 0 Å². The van der Waals surface area contributed by atoms with Gasteiger partial charge in [-0.05, 0) is 36.3 Å². The molecule has 0 saturated heterocycles. The molecule has 0 aliphatic heterocycles. The summed E-state index contributed by atoms with van der Waals surface area (Å²) in [4.78, 5) is 0. The molecule has 1 saturated carbocycles. The van der Waals surface area contributed by atoms with Gasteiger partial charge in [-0.3, -0.25) is 0 Å². The molecule has 3 unspecified atom stereocenters. The maximum Gasteiger partial charge on any atom is 0.0861 e. The van der Waals surface area contributed by atoms with Gasteiger partial charge in [0, 0.05) is 12.0 Å². The van der Waals surface area contributed by atoms with Crippen molar-refractivity contribution in [2.75, 3.05) is 6.54 Å². The van der Waals surface area contributed by atoms with E-state index in [-0.39, 0.29) is 5.41 Å². The first kappa shape index (κ1) is 14.5. The van der Waals surface area contributed by atoms with Crippen LogP contribution in [0.1, 0.15) is 56.8 Å². The SMILES string of the molecule is CCc1ccccc1C(O)C1(CN)CCCC(C)C1. The molecule has 0 heterocycles. The monoisotopic (exact) mass is 261 g/mol. The zero-order chi connectivity index (χ0) is 13.9. The number of hydrogen-bond donors (Lipinski definition) is 2. The highest BCUT2D eigenvalue weighted by Crippen LogP contribution is 2.47. The molecule has 3 N–H and O–H groups in total. The first-order valence-electron chi connectivity index (χ1n) is 7.59. The number of hydrogen-bond acceptors (Lipinski definition) is 2. The minimum Gasteiger partial charge on any atom is -0.388 e. The molecule has 0 bridgehead atoms. The molecule has 0 spiro atoms. The number of rotatable bonds is 4. The Hall–Kier alpha value is -0.860. The molecule has 1 aromatic carbocycles. The van der Waals surface area contributed by atoms with Crippen LogP contribution in [0.3, 0.4) is 0 Å². The highest BCUT2D eigenvalue weighted by Gasteiger charge is 2.41.